The van der Waals surface area contributed by atoms with E-state index in [0.29, 0.717) is 0 Å². The number of benzene rings is 1. The van der Waals surface area contributed by atoms with Gasteiger partial charge in [-0.25, -0.2) is 0 Å². The van der Waals surface area contributed by atoms with Gasteiger partial charge in [0.2, 0.25) is 0 Å². The molecule has 3 N–H and O–H groups in total. The van der Waals surface area contributed by atoms with Crippen LogP contribution in [0.1, 0.15) is 18.5 Å². The minimum atomic E-state index is -0.506. The average molecular weight is 197 g/mol. The van der Waals surface area contributed by atoms with E-state index in [1.807, 2.05) is 30.5 Å². The highest BCUT2D eigenvalue weighted by molar-refractivity contribution is 7.98. The van der Waals surface area contributed by atoms with Gasteiger partial charge in [0.15, 0.2) is 0 Å². The van der Waals surface area contributed by atoms with Crippen LogP contribution in [0.5, 0.6) is 0 Å². The average Bonchev–Trinajstić information content (AvgIpc) is 2.16. The second kappa shape index (κ2) is 4.65. The van der Waals surface area contributed by atoms with Crippen LogP contribution >= 0.6 is 11.8 Å². The van der Waals surface area contributed by atoms with Gasteiger partial charge >= 0.3 is 0 Å². The summed E-state index contributed by atoms with van der Waals surface area (Å²) in [5, 5.41) is 9.36. The minimum Gasteiger partial charge on any atom is -0.391 e. The van der Waals surface area contributed by atoms with Gasteiger partial charge in [0.25, 0.3) is 0 Å². The van der Waals surface area contributed by atoms with Crippen molar-refractivity contribution in [3.05, 3.63) is 29.8 Å². The molecule has 0 bridgehead atoms. The molecule has 0 radical (unpaired) electrons. The van der Waals surface area contributed by atoms with E-state index in [0.717, 1.165) is 10.5 Å². The molecule has 1 aromatic rings. The zero-order chi connectivity index (χ0) is 9.84. The molecule has 2 nitrogen and oxygen atoms in total. The third kappa shape index (κ3) is 2.46. The molecule has 0 spiro atoms. The summed E-state index contributed by atoms with van der Waals surface area (Å²) >= 11 is 1.65. The van der Waals surface area contributed by atoms with E-state index < -0.39 is 6.10 Å². The van der Waals surface area contributed by atoms with E-state index in [-0.39, 0.29) is 6.04 Å². The fourth-order valence-corrected chi connectivity index (χ4v) is 1.86. The molecule has 72 valence electrons. The fraction of sp³-hybridized carbons (Fsp3) is 0.400. The summed E-state index contributed by atoms with van der Waals surface area (Å²) in [4.78, 5) is 1.14. The predicted molar refractivity (Wildman–Crippen MR) is 56.8 cm³/mol. The second-order valence-corrected chi connectivity index (χ2v) is 3.86. The lowest BCUT2D eigenvalue weighted by Gasteiger charge is -2.17. The molecule has 0 saturated carbocycles. The molecular formula is C10H15NOS. The Balaban J connectivity index is 2.98. The van der Waals surface area contributed by atoms with Crippen LogP contribution in [-0.2, 0) is 0 Å². The second-order valence-electron chi connectivity index (χ2n) is 3.01. The first-order chi connectivity index (χ1) is 6.16. The highest BCUT2D eigenvalue weighted by Crippen LogP contribution is 2.25. The summed E-state index contributed by atoms with van der Waals surface area (Å²) in [6.07, 6.45) is 1.50. The molecule has 0 aromatic heterocycles. The molecule has 0 saturated heterocycles. The van der Waals surface area contributed by atoms with Crippen LogP contribution in [0, 0.1) is 0 Å². The van der Waals surface area contributed by atoms with Crippen LogP contribution in [0.25, 0.3) is 0 Å². The molecule has 0 amide bonds. The normalized spacial score (nSPS) is 15.4. The van der Waals surface area contributed by atoms with Crippen LogP contribution in [0.4, 0.5) is 0 Å². The molecular weight excluding hydrogens is 182 g/mol. The van der Waals surface area contributed by atoms with Crippen molar-refractivity contribution in [2.45, 2.75) is 24.0 Å². The van der Waals surface area contributed by atoms with Crippen LogP contribution in [0.3, 0.4) is 0 Å². The van der Waals surface area contributed by atoms with Crippen molar-refractivity contribution in [1.29, 1.82) is 0 Å². The summed E-state index contributed by atoms with van der Waals surface area (Å²) < 4.78 is 0. The van der Waals surface area contributed by atoms with Crippen molar-refractivity contribution >= 4 is 11.8 Å². The highest BCUT2D eigenvalue weighted by atomic mass is 32.2. The molecule has 0 unspecified atom stereocenters. The number of thioether (sulfide) groups is 1. The molecule has 2 atom stereocenters. The molecule has 13 heavy (non-hydrogen) atoms. The van der Waals surface area contributed by atoms with Crippen LogP contribution in [0.2, 0.25) is 0 Å². The van der Waals surface area contributed by atoms with Crippen LogP contribution in [-0.4, -0.2) is 17.5 Å². The molecule has 3 heteroatoms. The lowest BCUT2D eigenvalue weighted by Crippen LogP contribution is -2.23. The first-order valence-electron chi connectivity index (χ1n) is 4.23. The topological polar surface area (TPSA) is 46.2 Å². The fourth-order valence-electron chi connectivity index (χ4n) is 1.20. The minimum absolute atomic E-state index is 0.288. The summed E-state index contributed by atoms with van der Waals surface area (Å²) in [6.45, 7) is 1.71. The molecule has 0 fully saturated rings. The van der Waals surface area contributed by atoms with E-state index in [1.165, 1.54) is 0 Å². The number of hydrogen-bond acceptors (Lipinski definition) is 3. The van der Waals surface area contributed by atoms with Gasteiger partial charge in [0.1, 0.15) is 0 Å². The van der Waals surface area contributed by atoms with Gasteiger partial charge in [0.05, 0.1) is 12.1 Å². The Bertz CT molecular complexity index is 275. The first-order valence-corrected chi connectivity index (χ1v) is 5.46. The largest absolute Gasteiger partial charge is 0.391 e. The van der Waals surface area contributed by atoms with Crippen molar-refractivity contribution in [1.82, 2.24) is 0 Å². The number of rotatable bonds is 3. The maximum atomic E-state index is 9.36. The summed E-state index contributed by atoms with van der Waals surface area (Å²) in [5.41, 5.74) is 6.87. The van der Waals surface area contributed by atoms with E-state index in [2.05, 4.69) is 0 Å². The maximum Gasteiger partial charge on any atom is 0.0705 e. The molecule has 1 rings (SSSR count). The Morgan fingerprint density at radius 3 is 2.54 bits per heavy atom. The molecule has 0 aliphatic rings. The summed E-state index contributed by atoms with van der Waals surface area (Å²) in [6, 6.07) is 7.61. The van der Waals surface area contributed by atoms with Gasteiger partial charge in [-0.1, -0.05) is 18.2 Å². The molecule has 1 aromatic carbocycles. The summed E-state index contributed by atoms with van der Waals surface area (Å²) in [7, 11) is 0. The molecule has 0 heterocycles. The summed E-state index contributed by atoms with van der Waals surface area (Å²) in [5.74, 6) is 0. The molecule has 0 aliphatic heterocycles. The van der Waals surface area contributed by atoms with E-state index >= 15 is 0 Å². The Hall–Kier alpha value is -0.510. The Kier molecular flexibility index (Phi) is 3.78. The van der Waals surface area contributed by atoms with Gasteiger partial charge in [-0.05, 0) is 24.8 Å². The Labute approximate surface area is 83.1 Å². The predicted octanol–water partition coefficient (Wildman–Crippen LogP) is 1.79. The van der Waals surface area contributed by atoms with Gasteiger partial charge in [-0.15, -0.1) is 11.8 Å². The number of aliphatic hydroxyl groups is 1. The lowest BCUT2D eigenvalue weighted by molar-refractivity contribution is 0.163. The van der Waals surface area contributed by atoms with Crippen LogP contribution < -0.4 is 5.73 Å². The monoisotopic (exact) mass is 197 g/mol. The van der Waals surface area contributed by atoms with Gasteiger partial charge < -0.3 is 10.8 Å². The van der Waals surface area contributed by atoms with Gasteiger partial charge in [-0.2, -0.15) is 0 Å². The number of hydrogen-bond donors (Lipinski definition) is 2. The quantitative estimate of drug-likeness (QED) is 0.726. The van der Waals surface area contributed by atoms with Gasteiger partial charge in [-0.3, -0.25) is 0 Å². The number of aliphatic hydroxyl groups excluding tert-OH is 1. The van der Waals surface area contributed by atoms with Crippen molar-refractivity contribution in [2.75, 3.05) is 6.26 Å². The molecule has 0 aliphatic carbocycles. The standard InChI is InChI=1S/C10H15NOS/c1-7(12)10(11)8-5-3-4-6-9(8)13-2/h3-7,10,12H,11H2,1-2H3/t7-,10-/m1/s1. The van der Waals surface area contributed by atoms with Gasteiger partial charge in [0, 0.05) is 4.90 Å². The Morgan fingerprint density at radius 1 is 1.38 bits per heavy atom. The Morgan fingerprint density at radius 2 is 2.00 bits per heavy atom. The van der Waals surface area contributed by atoms with E-state index in [4.69, 9.17) is 5.73 Å². The third-order valence-corrected chi connectivity index (χ3v) is 2.83. The number of nitrogens with two attached hydrogens (primary N) is 1. The zero-order valence-electron chi connectivity index (χ0n) is 7.90. The maximum absolute atomic E-state index is 9.36. The van der Waals surface area contributed by atoms with Crippen molar-refractivity contribution in [2.24, 2.45) is 5.73 Å². The smallest absolute Gasteiger partial charge is 0.0705 e. The lowest BCUT2D eigenvalue weighted by atomic mass is 10.0. The zero-order valence-corrected chi connectivity index (χ0v) is 8.71. The SMILES string of the molecule is CSc1ccccc1[C@H](N)[C@@H](C)O. The first kappa shape index (κ1) is 10.6. The van der Waals surface area contributed by atoms with E-state index in [9.17, 15) is 5.11 Å². The highest BCUT2D eigenvalue weighted by Gasteiger charge is 2.14. The van der Waals surface area contributed by atoms with Crippen molar-refractivity contribution < 1.29 is 5.11 Å². The third-order valence-electron chi connectivity index (χ3n) is 2.02. The van der Waals surface area contributed by atoms with E-state index in [1.54, 1.807) is 18.7 Å². The van der Waals surface area contributed by atoms with Crippen molar-refractivity contribution in [3.8, 4) is 0 Å². The van der Waals surface area contributed by atoms with Crippen LogP contribution in [0.15, 0.2) is 29.2 Å². The van der Waals surface area contributed by atoms with Crippen molar-refractivity contribution in [3.63, 3.8) is 0 Å².